The molecule has 1 aliphatic heterocycles. The zero-order valence-corrected chi connectivity index (χ0v) is 9.40. The van der Waals surface area contributed by atoms with Crippen molar-refractivity contribution >= 4 is 17.2 Å². The first kappa shape index (κ1) is 11.2. The lowest BCUT2D eigenvalue weighted by Crippen LogP contribution is -2.30. The maximum Gasteiger partial charge on any atom is 0.158 e. The number of Topliss-reactive ketones (excluding diaryl/α,β-unsaturated/α-hetero) is 1. The average Bonchev–Trinajstić information content (AvgIpc) is 2.37. The topological polar surface area (TPSA) is 73.1 Å². The summed E-state index contributed by atoms with van der Waals surface area (Å²) in [4.78, 5) is 11.6. The van der Waals surface area contributed by atoms with E-state index >= 15 is 0 Å². The molecule has 1 aliphatic rings. The Labute approximate surface area is 99.2 Å². The minimum Gasteiger partial charge on any atom is -0.507 e. The number of nitrogens with zero attached hydrogens (tertiary/aromatic N) is 1. The number of benzene rings is 1. The first-order valence-electron chi connectivity index (χ1n) is 5.40. The molecule has 86 valence electrons. The second-order valence-electron chi connectivity index (χ2n) is 3.87. The number of nitriles is 1. The van der Waals surface area contributed by atoms with Gasteiger partial charge in [-0.3, -0.25) is 4.79 Å². The summed E-state index contributed by atoms with van der Waals surface area (Å²) in [5, 5.41) is 21.7. The van der Waals surface area contributed by atoms with Gasteiger partial charge in [-0.1, -0.05) is 6.92 Å². The van der Waals surface area contributed by atoms with Gasteiger partial charge in [0.25, 0.3) is 0 Å². The second-order valence-corrected chi connectivity index (χ2v) is 3.87. The molecule has 0 saturated carbocycles. The predicted octanol–water partition coefficient (Wildman–Crippen LogP) is 2.23. The third-order valence-electron chi connectivity index (χ3n) is 2.76. The highest BCUT2D eigenvalue weighted by molar-refractivity contribution is 5.93. The Morgan fingerprint density at radius 3 is 3.00 bits per heavy atom. The van der Waals surface area contributed by atoms with E-state index < -0.39 is 6.04 Å². The molecule has 0 radical (unpaired) electrons. The number of anilines is 1. The summed E-state index contributed by atoms with van der Waals surface area (Å²) in [6.45, 7) is 1.78. The van der Waals surface area contributed by atoms with E-state index in [1.54, 1.807) is 25.1 Å². The number of hydrogen-bond acceptors (Lipinski definition) is 4. The zero-order chi connectivity index (χ0) is 12.4. The third-order valence-corrected chi connectivity index (χ3v) is 2.76. The molecule has 1 unspecified atom stereocenters. The number of nitrogens with one attached hydrogen (secondary N) is 1. The van der Waals surface area contributed by atoms with Crippen LogP contribution in [0.5, 0.6) is 0 Å². The summed E-state index contributed by atoms with van der Waals surface area (Å²) >= 11 is 0. The fraction of sp³-hybridized carbons (Fsp3) is 0.231. The van der Waals surface area contributed by atoms with E-state index in [2.05, 4.69) is 5.32 Å². The van der Waals surface area contributed by atoms with Crippen molar-refractivity contribution in [3.05, 3.63) is 35.4 Å². The molecular formula is C13H12N2O2. The quantitative estimate of drug-likeness (QED) is 0.814. The van der Waals surface area contributed by atoms with Crippen LogP contribution in [-0.4, -0.2) is 16.9 Å². The maximum atomic E-state index is 11.6. The van der Waals surface area contributed by atoms with Crippen LogP contribution in [0.4, 0.5) is 5.69 Å². The van der Waals surface area contributed by atoms with Crippen LogP contribution >= 0.6 is 0 Å². The van der Waals surface area contributed by atoms with Gasteiger partial charge in [0.1, 0.15) is 11.8 Å². The number of rotatable bonds is 2. The van der Waals surface area contributed by atoms with Crippen LogP contribution in [0.25, 0.3) is 5.76 Å². The summed E-state index contributed by atoms with van der Waals surface area (Å²) in [5.41, 5.74) is 1.71. The number of fused-ring (bicyclic) bond motifs is 1. The second kappa shape index (κ2) is 4.30. The van der Waals surface area contributed by atoms with Gasteiger partial charge >= 0.3 is 0 Å². The summed E-state index contributed by atoms with van der Waals surface area (Å²) in [6, 6.07) is 6.47. The lowest BCUT2D eigenvalue weighted by atomic mass is 9.99. The third kappa shape index (κ3) is 2.00. The van der Waals surface area contributed by atoms with E-state index in [0.29, 0.717) is 23.2 Å². The molecule has 0 fully saturated rings. The van der Waals surface area contributed by atoms with Crippen LogP contribution in [0.15, 0.2) is 24.3 Å². The molecule has 0 spiro atoms. The van der Waals surface area contributed by atoms with Gasteiger partial charge in [0, 0.05) is 17.7 Å². The molecule has 4 heteroatoms. The Balaban J connectivity index is 2.41. The maximum absolute atomic E-state index is 11.6. The zero-order valence-electron chi connectivity index (χ0n) is 9.40. The van der Waals surface area contributed by atoms with Crippen molar-refractivity contribution < 1.29 is 9.90 Å². The van der Waals surface area contributed by atoms with Crippen LogP contribution < -0.4 is 5.32 Å². The number of aliphatic hydroxyl groups excluding tert-OH is 1. The molecule has 1 heterocycles. The predicted molar refractivity (Wildman–Crippen MR) is 64.5 cm³/mol. The first-order valence-corrected chi connectivity index (χ1v) is 5.40. The lowest BCUT2D eigenvalue weighted by Gasteiger charge is -2.22. The fourth-order valence-corrected chi connectivity index (χ4v) is 1.80. The first-order chi connectivity index (χ1) is 8.15. The Morgan fingerprint density at radius 2 is 2.35 bits per heavy atom. The number of aliphatic hydroxyl groups is 1. The molecule has 0 saturated heterocycles. The summed E-state index contributed by atoms with van der Waals surface area (Å²) in [7, 11) is 0. The van der Waals surface area contributed by atoms with Crippen LogP contribution in [0.2, 0.25) is 0 Å². The smallest absolute Gasteiger partial charge is 0.158 e. The van der Waals surface area contributed by atoms with Crippen molar-refractivity contribution in [1.29, 1.82) is 5.26 Å². The molecule has 4 nitrogen and oxygen atoms in total. The van der Waals surface area contributed by atoms with Crippen molar-refractivity contribution in [2.75, 3.05) is 5.32 Å². The molecule has 1 atom stereocenters. The monoisotopic (exact) mass is 228 g/mol. The normalized spacial score (nSPS) is 17.4. The van der Waals surface area contributed by atoms with Gasteiger partial charge in [0.2, 0.25) is 0 Å². The van der Waals surface area contributed by atoms with Crippen LogP contribution in [0.3, 0.4) is 0 Å². The Morgan fingerprint density at radius 1 is 1.59 bits per heavy atom. The van der Waals surface area contributed by atoms with E-state index in [9.17, 15) is 9.90 Å². The molecule has 0 aliphatic carbocycles. The van der Waals surface area contributed by atoms with Crippen molar-refractivity contribution in [1.82, 2.24) is 0 Å². The van der Waals surface area contributed by atoms with E-state index in [0.717, 1.165) is 0 Å². The summed E-state index contributed by atoms with van der Waals surface area (Å²) in [5.74, 6) is 0.0641. The Kier molecular flexibility index (Phi) is 2.84. The Bertz CT molecular complexity index is 541. The van der Waals surface area contributed by atoms with Crippen molar-refractivity contribution in [2.45, 2.75) is 19.4 Å². The van der Waals surface area contributed by atoms with E-state index in [1.165, 1.54) is 6.08 Å². The summed E-state index contributed by atoms with van der Waals surface area (Å²) < 4.78 is 0. The molecule has 0 aromatic heterocycles. The summed E-state index contributed by atoms with van der Waals surface area (Å²) in [6.07, 6.45) is 1.89. The van der Waals surface area contributed by atoms with Crippen LogP contribution in [0.1, 0.15) is 24.5 Å². The van der Waals surface area contributed by atoms with Gasteiger partial charge in [-0.2, -0.15) is 5.26 Å². The van der Waals surface area contributed by atoms with Crippen molar-refractivity contribution in [2.24, 2.45) is 0 Å². The molecule has 1 aromatic rings. The molecule has 2 N–H and O–H groups in total. The fourth-order valence-electron chi connectivity index (χ4n) is 1.80. The van der Waals surface area contributed by atoms with E-state index in [1.807, 2.05) is 6.07 Å². The van der Waals surface area contributed by atoms with Gasteiger partial charge in [-0.15, -0.1) is 0 Å². The average molecular weight is 228 g/mol. The highest BCUT2D eigenvalue weighted by Crippen LogP contribution is 2.29. The van der Waals surface area contributed by atoms with Gasteiger partial charge < -0.3 is 10.4 Å². The number of carbonyl (C=O) groups excluding carboxylic acids is 1. The van der Waals surface area contributed by atoms with E-state index in [-0.39, 0.29) is 11.5 Å². The standard InChI is InChI=1S/C13H12N2O2/c1-2-12(16)11-6-13(17)9-5-8(7-14)3-4-10(9)15-11/h3-6,11,15,17H,2H2,1H3. The van der Waals surface area contributed by atoms with E-state index in [4.69, 9.17) is 5.26 Å². The molecular weight excluding hydrogens is 216 g/mol. The van der Waals surface area contributed by atoms with Gasteiger partial charge in [-0.05, 0) is 24.3 Å². The lowest BCUT2D eigenvalue weighted by molar-refractivity contribution is -0.118. The highest BCUT2D eigenvalue weighted by Gasteiger charge is 2.22. The van der Waals surface area contributed by atoms with Crippen molar-refractivity contribution in [3.8, 4) is 6.07 Å². The molecule has 2 rings (SSSR count). The van der Waals surface area contributed by atoms with Gasteiger partial charge in [0.05, 0.1) is 11.6 Å². The number of hydrogen-bond donors (Lipinski definition) is 2. The largest absolute Gasteiger partial charge is 0.507 e. The van der Waals surface area contributed by atoms with Crippen molar-refractivity contribution in [3.63, 3.8) is 0 Å². The molecule has 0 amide bonds. The SMILES string of the molecule is CCC(=O)C1C=C(O)c2cc(C#N)ccc2N1. The Hall–Kier alpha value is -2.28. The molecule has 1 aromatic carbocycles. The van der Waals surface area contributed by atoms with Gasteiger partial charge in [0.15, 0.2) is 5.78 Å². The molecule has 17 heavy (non-hydrogen) atoms. The number of ketones is 1. The number of carbonyl (C=O) groups is 1. The van der Waals surface area contributed by atoms with Crippen LogP contribution in [-0.2, 0) is 4.79 Å². The van der Waals surface area contributed by atoms with Gasteiger partial charge in [-0.25, -0.2) is 0 Å². The highest BCUT2D eigenvalue weighted by atomic mass is 16.3. The minimum absolute atomic E-state index is 0.0200. The molecule has 0 bridgehead atoms. The minimum atomic E-state index is -0.486. The van der Waals surface area contributed by atoms with Crippen LogP contribution in [0, 0.1) is 11.3 Å².